The lowest BCUT2D eigenvalue weighted by molar-refractivity contribution is 1.36. The van der Waals surface area contributed by atoms with Crippen LogP contribution in [0.1, 0.15) is 22.3 Å². The zero-order chi connectivity index (χ0) is 17.2. The number of aromatic nitrogens is 2. The summed E-state index contributed by atoms with van der Waals surface area (Å²) in [7, 11) is 0. The quantitative estimate of drug-likeness (QED) is 0.462. The molecule has 0 amide bonds. The number of rotatable bonds is 3. The van der Waals surface area contributed by atoms with Crippen LogP contribution in [0, 0.1) is 13.8 Å². The molecule has 0 bridgehead atoms. The predicted molar refractivity (Wildman–Crippen MR) is 105 cm³/mol. The molecule has 1 aromatic heterocycles. The average molecular weight is 343 g/mol. The Bertz CT molecular complexity index is 1010. The van der Waals surface area contributed by atoms with Crippen molar-refractivity contribution in [3.8, 4) is 0 Å². The first-order chi connectivity index (χ1) is 12.2. The van der Waals surface area contributed by atoms with Gasteiger partial charge in [-0.1, -0.05) is 66.7 Å². The Labute approximate surface area is 151 Å². The van der Waals surface area contributed by atoms with E-state index in [1.807, 2.05) is 36.4 Å². The summed E-state index contributed by atoms with van der Waals surface area (Å²) in [6, 6.07) is 22.7. The van der Waals surface area contributed by atoms with Crippen LogP contribution in [-0.2, 0) is 0 Å². The molecule has 0 aliphatic rings. The molecule has 0 aliphatic carbocycles. The number of fused-ring (bicyclic) bond motifs is 1. The van der Waals surface area contributed by atoms with E-state index >= 15 is 0 Å². The Morgan fingerprint density at radius 1 is 0.760 bits per heavy atom. The van der Waals surface area contributed by atoms with Crippen molar-refractivity contribution in [1.29, 1.82) is 0 Å². The molecule has 4 rings (SSSR count). The van der Waals surface area contributed by atoms with Gasteiger partial charge in [0.05, 0.1) is 23.1 Å². The summed E-state index contributed by atoms with van der Waals surface area (Å²) in [6.07, 6.45) is 0. The summed E-state index contributed by atoms with van der Waals surface area (Å²) in [5.41, 5.74) is 8.10. The predicted octanol–water partition coefficient (Wildman–Crippen LogP) is 5.48. The lowest BCUT2D eigenvalue weighted by atomic mass is 10.0. The minimum atomic E-state index is 0.881. The van der Waals surface area contributed by atoms with Crippen LogP contribution >= 0.6 is 11.7 Å². The molecule has 0 spiro atoms. The lowest BCUT2D eigenvalue weighted by Crippen LogP contribution is -2.03. The maximum atomic E-state index is 5.06. The monoisotopic (exact) mass is 343 g/mol. The van der Waals surface area contributed by atoms with Crippen molar-refractivity contribution < 1.29 is 0 Å². The lowest BCUT2D eigenvalue weighted by Gasteiger charge is -2.10. The van der Waals surface area contributed by atoms with Crippen LogP contribution in [0.25, 0.3) is 11.0 Å². The number of nitrogens with zero attached hydrogens (tertiary/aromatic N) is 3. The molecule has 1 heterocycles. The van der Waals surface area contributed by atoms with Crippen LogP contribution in [-0.4, -0.2) is 14.5 Å². The molecule has 0 N–H and O–H groups in total. The molecule has 0 radical (unpaired) electrons. The standard InChI is InChI=1S/C21H17N3S/c1-14-13-15(2)19-21(24-25-23-19)18(14)22-20(16-9-5-3-6-10-16)17-11-7-4-8-12-17/h3-13H,1-2H3. The van der Waals surface area contributed by atoms with Crippen molar-refractivity contribution in [1.82, 2.24) is 8.75 Å². The van der Waals surface area contributed by atoms with Gasteiger partial charge in [0, 0.05) is 11.1 Å². The molecule has 4 aromatic rings. The molecule has 3 nitrogen and oxygen atoms in total. The van der Waals surface area contributed by atoms with Gasteiger partial charge in [-0.2, -0.15) is 8.75 Å². The van der Waals surface area contributed by atoms with Crippen LogP contribution < -0.4 is 0 Å². The Balaban J connectivity index is 1.99. The van der Waals surface area contributed by atoms with E-state index in [0.717, 1.165) is 44.7 Å². The summed E-state index contributed by atoms with van der Waals surface area (Å²) in [5, 5.41) is 0. The third-order valence-electron chi connectivity index (χ3n) is 4.21. The maximum Gasteiger partial charge on any atom is 0.130 e. The van der Waals surface area contributed by atoms with Gasteiger partial charge in [-0.3, -0.25) is 0 Å². The van der Waals surface area contributed by atoms with Crippen LogP contribution in [0.15, 0.2) is 71.7 Å². The van der Waals surface area contributed by atoms with E-state index in [9.17, 15) is 0 Å². The van der Waals surface area contributed by atoms with Crippen molar-refractivity contribution in [2.45, 2.75) is 13.8 Å². The minimum absolute atomic E-state index is 0.881. The van der Waals surface area contributed by atoms with Crippen molar-refractivity contribution in [3.63, 3.8) is 0 Å². The highest BCUT2D eigenvalue weighted by atomic mass is 32.1. The second-order valence-corrected chi connectivity index (χ2v) is 6.54. The molecule has 0 aliphatic heterocycles. The van der Waals surface area contributed by atoms with Crippen molar-refractivity contribution in [3.05, 3.63) is 89.0 Å². The molecule has 4 heteroatoms. The van der Waals surface area contributed by atoms with Gasteiger partial charge >= 0.3 is 0 Å². The Morgan fingerprint density at radius 2 is 1.32 bits per heavy atom. The zero-order valence-electron chi connectivity index (χ0n) is 14.1. The maximum absolute atomic E-state index is 5.06. The second kappa shape index (κ2) is 6.57. The van der Waals surface area contributed by atoms with Gasteiger partial charge in [0.1, 0.15) is 11.0 Å². The van der Waals surface area contributed by atoms with Gasteiger partial charge < -0.3 is 0 Å². The smallest absolute Gasteiger partial charge is 0.130 e. The highest BCUT2D eigenvalue weighted by Crippen LogP contribution is 2.32. The third kappa shape index (κ3) is 2.96. The molecule has 0 fully saturated rings. The third-order valence-corrected chi connectivity index (χ3v) is 4.74. The van der Waals surface area contributed by atoms with Gasteiger partial charge in [-0.25, -0.2) is 4.99 Å². The average Bonchev–Trinajstić information content (AvgIpc) is 3.13. The summed E-state index contributed by atoms with van der Waals surface area (Å²) in [4.78, 5) is 5.06. The summed E-state index contributed by atoms with van der Waals surface area (Å²) in [5.74, 6) is 0. The first kappa shape index (κ1) is 15.7. The van der Waals surface area contributed by atoms with Gasteiger partial charge in [0.15, 0.2) is 0 Å². The highest BCUT2D eigenvalue weighted by molar-refractivity contribution is 7.00. The van der Waals surface area contributed by atoms with Crippen molar-refractivity contribution in [2.75, 3.05) is 0 Å². The van der Waals surface area contributed by atoms with E-state index in [4.69, 9.17) is 4.99 Å². The van der Waals surface area contributed by atoms with Crippen molar-refractivity contribution >= 4 is 34.2 Å². The summed E-state index contributed by atoms with van der Waals surface area (Å²) >= 11 is 1.24. The largest absolute Gasteiger partial charge is 0.245 e. The molecule has 0 atom stereocenters. The van der Waals surface area contributed by atoms with Crippen LogP contribution in [0.3, 0.4) is 0 Å². The fraction of sp³-hybridized carbons (Fsp3) is 0.0952. The Kier molecular flexibility index (Phi) is 4.12. The molecular formula is C21H17N3S. The van der Waals surface area contributed by atoms with E-state index in [-0.39, 0.29) is 0 Å². The Hall–Kier alpha value is -2.85. The number of aliphatic imine (C=N–C) groups is 1. The number of hydrogen-bond donors (Lipinski definition) is 0. The minimum Gasteiger partial charge on any atom is -0.245 e. The first-order valence-electron chi connectivity index (χ1n) is 8.16. The van der Waals surface area contributed by atoms with Gasteiger partial charge in [-0.05, 0) is 25.0 Å². The highest BCUT2D eigenvalue weighted by Gasteiger charge is 2.14. The van der Waals surface area contributed by atoms with E-state index in [1.54, 1.807) is 0 Å². The molecule has 122 valence electrons. The van der Waals surface area contributed by atoms with Crippen LogP contribution in [0.5, 0.6) is 0 Å². The van der Waals surface area contributed by atoms with Crippen molar-refractivity contribution in [2.24, 2.45) is 4.99 Å². The fourth-order valence-electron chi connectivity index (χ4n) is 2.99. The topological polar surface area (TPSA) is 38.1 Å². The van der Waals surface area contributed by atoms with Gasteiger partial charge in [-0.15, -0.1) is 0 Å². The van der Waals surface area contributed by atoms with Crippen LogP contribution in [0.2, 0.25) is 0 Å². The molecule has 0 unspecified atom stereocenters. The van der Waals surface area contributed by atoms with Gasteiger partial charge in [0.25, 0.3) is 0 Å². The van der Waals surface area contributed by atoms with E-state index < -0.39 is 0 Å². The SMILES string of the molecule is Cc1cc(C)c2nsnc2c1N=C(c1ccccc1)c1ccccc1. The molecule has 25 heavy (non-hydrogen) atoms. The fourth-order valence-corrected chi connectivity index (χ4v) is 3.60. The number of aryl methyl sites for hydroxylation is 2. The molecule has 0 saturated heterocycles. The number of benzene rings is 3. The molecule has 0 saturated carbocycles. The Morgan fingerprint density at radius 3 is 1.92 bits per heavy atom. The first-order valence-corrected chi connectivity index (χ1v) is 8.89. The van der Waals surface area contributed by atoms with E-state index in [2.05, 4.69) is 52.9 Å². The van der Waals surface area contributed by atoms with E-state index in [0.29, 0.717) is 0 Å². The number of hydrogen-bond acceptors (Lipinski definition) is 4. The second-order valence-electron chi connectivity index (χ2n) is 6.01. The van der Waals surface area contributed by atoms with E-state index in [1.165, 1.54) is 11.7 Å². The summed E-state index contributed by atoms with van der Waals surface area (Å²) < 4.78 is 8.94. The van der Waals surface area contributed by atoms with Crippen LogP contribution in [0.4, 0.5) is 5.69 Å². The summed E-state index contributed by atoms with van der Waals surface area (Å²) in [6.45, 7) is 4.15. The molecular weight excluding hydrogens is 326 g/mol. The zero-order valence-corrected chi connectivity index (χ0v) is 14.9. The van der Waals surface area contributed by atoms with Gasteiger partial charge in [0.2, 0.25) is 0 Å². The normalized spacial score (nSPS) is 10.8. The molecule has 3 aromatic carbocycles.